The van der Waals surface area contributed by atoms with Gasteiger partial charge < -0.3 is 5.32 Å². The minimum atomic E-state index is -0.0781. The Morgan fingerprint density at radius 2 is 2.18 bits per heavy atom. The second-order valence-electron chi connectivity index (χ2n) is 1.92. The van der Waals surface area contributed by atoms with E-state index < -0.39 is 0 Å². The molecule has 0 fully saturated rings. The summed E-state index contributed by atoms with van der Waals surface area (Å²) in [5, 5.41) is 2.53. The molecule has 11 heavy (non-hydrogen) atoms. The van der Waals surface area contributed by atoms with E-state index in [1.165, 1.54) is 0 Å². The van der Waals surface area contributed by atoms with E-state index in [1.807, 2.05) is 6.92 Å². The molecule has 60 valence electrons. The van der Waals surface area contributed by atoms with Crippen LogP contribution in [0.3, 0.4) is 0 Å². The van der Waals surface area contributed by atoms with E-state index in [-0.39, 0.29) is 5.91 Å². The summed E-state index contributed by atoms with van der Waals surface area (Å²) in [5.74, 6) is -0.0781. The van der Waals surface area contributed by atoms with E-state index in [4.69, 9.17) is 0 Å². The number of rotatable bonds is 3. The quantitative estimate of drug-likeness (QED) is 0.479. The van der Waals surface area contributed by atoms with Gasteiger partial charge in [-0.25, -0.2) is 0 Å². The molecular formula is C9H13NO. The first-order valence-corrected chi connectivity index (χ1v) is 3.43. The summed E-state index contributed by atoms with van der Waals surface area (Å²) < 4.78 is 0. The van der Waals surface area contributed by atoms with Crippen molar-refractivity contribution < 1.29 is 4.79 Å². The van der Waals surface area contributed by atoms with Gasteiger partial charge in [-0.2, -0.15) is 0 Å². The van der Waals surface area contributed by atoms with Gasteiger partial charge >= 0.3 is 0 Å². The largest absolute Gasteiger partial charge is 0.355 e. The van der Waals surface area contributed by atoms with Crippen LogP contribution in [0.1, 0.15) is 6.92 Å². The van der Waals surface area contributed by atoms with Crippen molar-refractivity contribution in [3.63, 3.8) is 0 Å². The maximum atomic E-state index is 11.0. The van der Waals surface area contributed by atoms with Crippen LogP contribution in [0.4, 0.5) is 0 Å². The summed E-state index contributed by atoms with van der Waals surface area (Å²) in [5.41, 5.74) is 0.646. The number of carbonyl (C=O) groups is 1. The van der Waals surface area contributed by atoms with Crippen molar-refractivity contribution in [1.29, 1.82) is 0 Å². The Hall–Kier alpha value is -1.31. The smallest absolute Gasteiger partial charge is 0.250 e. The van der Waals surface area contributed by atoms with Crippen LogP contribution >= 0.6 is 0 Å². The van der Waals surface area contributed by atoms with Crippen LogP contribution in [-0.2, 0) is 4.79 Å². The summed E-state index contributed by atoms with van der Waals surface area (Å²) in [4.78, 5) is 11.0. The Balaban J connectivity index is 4.31. The molecule has 0 aliphatic carbocycles. The van der Waals surface area contributed by atoms with Crippen LogP contribution in [0.15, 0.2) is 36.5 Å². The first-order valence-electron chi connectivity index (χ1n) is 3.43. The highest BCUT2D eigenvalue weighted by Gasteiger charge is 1.99. The molecule has 0 aliphatic heterocycles. The number of likely N-dealkylation sites (N-methyl/N-ethyl adjacent to an activating group) is 1. The number of hydrogen-bond donors (Lipinski definition) is 1. The van der Waals surface area contributed by atoms with Gasteiger partial charge in [0, 0.05) is 12.6 Å². The van der Waals surface area contributed by atoms with Gasteiger partial charge in [0.25, 0.3) is 5.91 Å². The molecule has 0 heterocycles. The highest BCUT2D eigenvalue weighted by Crippen LogP contribution is 1.95. The van der Waals surface area contributed by atoms with Crippen LogP contribution in [-0.4, -0.2) is 13.0 Å². The van der Waals surface area contributed by atoms with Gasteiger partial charge in [0.05, 0.1) is 0 Å². The summed E-state index contributed by atoms with van der Waals surface area (Å²) in [6, 6.07) is 0. The topological polar surface area (TPSA) is 29.1 Å². The number of amides is 1. The molecule has 0 saturated heterocycles. The SMILES string of the molecule is C=C/C=C\C(=C/C)C(=O)NC. The molecule has 0 aromatic heterocycles. The third kappa shape index (κ3) is 3.40. The van der Waals surface area contributed by atoms with Crippen molar-refractivity contribution in [3.05, 3.63) is 36.5 Å². The van der Waals surface area contributed by atoms with Crippen LogP contribution in [0.5, 0.6) is 0 Å². The lowest BCUT2D eigenvalue weighted by Crippen LogP contribution is -2.18. The lowest BCUT2D eigenvalue weighted by Gasteiger charge is -1.97. The van der Waals surface area contributed by atoms with Gasteiger partial charge in [-0.15, -0.1) is 0 Å². The minimum Gasteiger partial charge on any atom is -0.355 e. The van der Waals surface area contributed by atoms with Gasteiger partial charge in [-0.3, -0.25) is 4.79 Å². The predicted molar refractivity (Wildman–Crippen MR) is 47.2 cm³/mol. The predicted octanol–water partition coefficient (Wildman–Crippen LogP) is 1.42. The average Bonchev–Trinajstić information content (AvgIpc) is 2.05. The zero-order valence-corrected chi connectivity index (χ0v) is 6.92. The molecule has 0 rings (SSSR count). The van der Waals surface area contributed by atoms with E-state index in [2.05, 4.69) is 11.9 Å². The minimum absolute atomic E-state index is 0.0781. The van der Waals surface area contributed by atoms with Gasteiger partial charge in [0.2, 0.25) is 0 Å². The number of hydrogen-bond acceptors (Lipinski definition) is 1. The van der Waals surface area contributed by atoms with Crippen molar-refractivity contribution >= 4 is 5.91 Å². The van der Waals surface area contributed by atoms with E-state index in [0.29, 0.717) is 5.57 Å². The Bertz CT molecular complexity index is 202. The zero-order chi connectivity index (χ0) is 8.69. The molecule has 2 nitrogen and oxygen atoms in total. The average molecular weight is 151 g/mol. The highest BCUT2D eigenvalue weighted by atomic mass is 16.1. The summed E-state index contributed by atoms with van der Waals surface area (Å²) >= 11 is 0. The van der Waals surface area contributed by atoms with Crippen molar-refractivity contribution in [2.45, 2.75) is 6.92 Å². The second-order valence-corrected chi connectivity index (χ2v) is 1.92. The molecule has 0 bridgehead atoms. The maximum absolute atomic E-state index is 11.0. The van der Waals surface area contributed by atoms with Crippen LogP contribution in [0, 0.1) is 0 Å². The monoisotopic (exact) mass is 151 g/mol. The molecule has 0 spiro atoms. The molecule has 0 saturated carbocycles. The number of carbonyl (C=O) groups excluding carboxylic acids is 1. The molecule has 0 unspecified atom stereocenters. The molecule has 1 amide bonds. The zero-order valence-electron chi connectivity index (χ0n) is 6.92. The molecule has 2 heteroatoms. The summed E-state index contributed by atoms with van der Waals surface area (Å²) in [6.45, 7) is 5.32. The Morgan fingerprint density at radius 1 is 1.55 bits per heavy atom. The molecular weight excluding hydrogens is 138 g/mol. The Labute approximate surface area is 67.3 Å². The van der Waals surface area contributed by atoms with Crippen molar-refractivity contribution in [3.8, 4) is 0 Å². The van der Waals surface area contributed by atoms with E-state index in [0.717, 1.165) is 0 Å². The molecule has 0 aliphatic rings. The third-order valence-electron chi connectivity index (χ3n) is 1.21. The van der Waals surface area contributed by atoms with Crippen molar-refractivity contribution in [2.24, 2.45) is 0 Å². The van der Waals surface area contributed by atoms with Gasteiger partial charge in [-0.05, 0) is 13.0 Å². The first-order chi connectivity index (χ1) is 5.26. The molecule has 0 atom stereocenters. The van der Waals surface area contributed by atoms with E-state index in [9.17, 15) is 4.79 Å². The Morgan fingerprint density at radius 3 is 2.55 bits per heavy atom. The lowest BCUT2D eigenvalue weighted by molar-refractivity contribution is -0.116. The fraction of sp³-hybridized carbons (Fsp3) is 0.222. The number of allylic oxidation sites excluding steroid dienone is 3. The Kier molecular flexibility index (Phi) is 4.82. The van der Waals surface area contributed by atoms with Crippen LogP contribution in [0.2, 0.25) is 0 Å². The third-order valence-corrected chi connectivity index (χ3v) is 1.21. The first kappa shape index (κ1) is 9.69. The molecule has 0 aromatic rings. The van der Waals surface area contributed by atoms with Gasteiger partial charge in [0.15, 0.2) is 0 Å². The van der Waals surface area contributed by atoms with Crippen molar-refractivity contribution in [2.75, 3.05) is 7.05 Å². The summed E-state index contributed by atoms with van der Waals surface area (Å²) in [7, 11) is 1.60. The van der Waals surface area contributed by atoms with Gasteiger partial charge in [-0.1, -0.05) is 24.8 Å². The van der Waals surface area contributed by atoms with E-state index >= 15 is 0 Å². The normalized spacial score (nSPS) is 11.6. The molecule has 0 radical (unpaired) electrons. The molecule has 1 N–H and O–H groups in total. The lowest BCUT2D eigenvalue weighted by atomic mass is 10.2. The highest BCUT2D eigenvalue weighted by molar-refractivity contribution is 5.95. The van der Waals surface area contributed by atoms with Crippen molar-refractivity contribution in [1.82, 2.24) is 5.32 Å². The number of nitrogens with one attached hydrogen (secondary N) is 1. The molecule has 0 aromatic carbocycles. The van der Waals surface area contributed by atoms with Crippen LogP contribution in [0.25, 0.3) is 0 Å². The van der Waals surface area contributed by atoms with Crippen LogP contribution < -0.4 is 5.32 Å². The van der Waals surface area contributed by atoms with E-state index in [1.54, 1.807) is 31.4 Å². The maximum Gasteiger partial charge on any atom is 0.250 e. The fourth-order valence-electron chi connectivity index (χ4n) is 0.619. The van der Waals surface area contributed by atoms with Gasteiger partial charge in [0.1, 0.15) is 0 Å². The second kappa shape index (κ2) is 5.47. The fourth-order valence-corrected chi connectivity index (χ4v) is 0.619. The summed E-state index contributed by atoms with van der Waals surface area (Å²) in [6.07, 6.45) is 6.82. The standard InChI is InChI=1S/C9H13NO/c1-4-6-7-8(5-2)9(11)10-3/h4-7H,1H2,2-3H3,(H,10,11)/b7-6-,8-5+.